The van der Waals surface area contributed by atoms with Gasteiger partial charge in [0.25, 0.3) is 0 Å². The summed E-state index contributed by atoms with van der Waals surface area (Å²) in [5, 5.41) is 3.48. The molecular weight excluding hydrogens is 469 g/mol. The van der Waals surface area contributed by atoms with Gasteiger partial charge in [0, 0.05) is 26.6 Å². The van der Waals surface area contributed by atoms with Crippen LogP contribution in [-0.4, -0.2) is 57.4 Å². The number of guanidine groups is 1. The van der Waals surface area contributed by atoms with Crippen molar-refractivity contribution < 1.29 is 13.9 Å². The molecule has 1 aromatic heterocycles. The second kappa shape index (κ2) is 12.1. The summed E-state index contributed by atoms with van der Waals surface area (Å²) in [6, 6.07) is 12.3. The van der Waals surface area contributed by atoms with Crippen molar-refractivity contribution in [3.05, 3.63) is 59.5 Å². The Morgan fingerprint density at radius 1 is 1.29 bits per heavy atom. The highest BCUT2D eigenvalue weighted by Crippen LogP contribution is 2.25. The second-order valence-corrected chi connectivity index (χ2v) is 6.62. The molecule has 0 saturated carbocycles. The molecule has 1 aromatic carbocycles. The van der Waals surface area contributed by atoms with Crippen molar-refractivity contribution in [2.45, 2.75) is 19.4 Å². The fourth-order valence-corrected chi connectivity index (χ4v) is 3.24. The number of halogens is 1. The van der Waals surface area contributed by atoms with Gasteiger partial charge in [-0.05, 0) is 30.2 Å². The molecule has 1 saturated heterocycles. The van der Waals surface area contributed by atoms with Gasteiger partial charge in [-0.2, -0.15) is 0 Å². The lowest BCUT2D eigenvalue weighted by molar-refractivity contribution is -0.00838. The molecule has 0 bridgehead atoms. The van der Waals surface area contributed by atoms with E-state index in [1.807, 2.05) is 12.1 Å². The van der Waals surface area contributed by atoms with Crippen molar-refractivity contribution >= 4 is 29.9 Å². The number of ether oxygens (including phenoxy) is 2. The zero-order valence-electron chi connectivity index (χ0n) is 16.6. The number of methoxy groups -OCH3 is 1. The van der Waals surface area contributed by atoms with E-state index in [1.54, 1.807) is 13.4 Å². The smallest absolute Gasteiger partial charge is 0.194 e. The monoisotopic (exact) mass is 499 g/mol. The molecule has 2 aromatic rings. The minimum atomic E-state index is 0. The Balaban J connectivity index is 0.00000280. The number of rotatable bonds is 7. The van der Waals surface area contributed by atoms with Crippen LogP contribution in [0.15, 0.2) is 52.1 Å². The number of nitrogens with zero attached hydrogens (tertiary/aromatic N) is 2. The Morgan fingerprint density at radius 3 is 2.89 bits per heavy atom. The van der Waals surface area contributed by atoms with Gasteiger partial charge in [-0.3, -0.25) is 4.99 Å². The molecule has 28 heavy (non-hydrogen) atoms. The highest BCUT2D eigenvalue weighted by molar-refractivity contribution is 14.0. The van der Waals surface area contributed by atoms with E-state index in [1.165, 1.54) is 11.1 Å². The fourth-order valence-electron chi connectivity index (χ4n) is 3.24. The van der Waals surface area contributed by atoms with E-state index in [2.05, 4.69) is 41.4 Å². The van der Waals surface area contributed by atoms with Crippen molar-refractivity contribution in [1.29, 1.82) is 0 Å². The zero-order valence-corrected chi connectivity index (χ0v) is 18.9. The van der Waals surface area contributed by atoms with Crippen LogP contribution in [0.3, 0.4) is 0 Å². The second-order valence-electron chi connectivity index (χ2n) is 6.62. The largest absolute Gasteiger partial charge is 0.469 e. The van der Waals surface area contributed by atoms with Crippen molar-refractivity contribution in [1.82, 2.24) is 10.2 Å². The number of aliphatic imine (C=N–C) groups is 1. The maximum Gasteiger partial charge on any atom is 0.194 e. The van der Waals surface area contributed by atoms with Crippen LogP contribution in [-0.2, 0) is 15.9 Å². The van der Waals surface area contributed by atoms with Gasteiger partial charge < -0.3 is 24.1 Å². The molecule has 1 N–H and O–H groups in total. The van der Waals surface area contributed by atoms with E-state index in [0.717, 1.165) is 37.8 Å². The Hall–Kier alpha value is -1.58. The molecule has 1 atom stereocenters. The lowest BCUT2D eigenvalue weighted by Gasteiger charge is -2.36. The third kappa shape index (κ3) is 6.49. The Labute approximate surface area is 184 Å². The number of morpholine rings is 1. The van der Waals surface area contributed by atoms with Gasteiger partial charge in [0.1, 0.15) is 11.9 Å². The summed E-state index contributed by atoms with van der Waals surface area (Å²) in [5.41, 5.74) is 2.50. The summed E-state index contributed by atoms with van der Waals surface area (Å²) < 4.78 is 16.6. The number of hydrogen-bond donors (Lipinski definition) is 1. The third-order valence-corrected chi connectivity index (χ3v) is 4.69. The van der Waals surface area contributed by atoms with Crippen LogP contribution < -0.4 is 5.32 Å². The average molecular weight is 499 g/mol. The van der Waals surface area contributed by atoms with Crippen molar-refractivity contribution in [2.75, 3.05) is 46.5 Å². The van der Waals surface area contributed by atoms with Gasteiger partial charge in [0.05, 0.1) is 32.6 Å². The van der Waals surface area contributed by atoms with Crippen molar-refractivity contribution in [3.63, 3.8) is 0 Å². The molecule has 3 rings (SSSR count). The molecule has 2 heterocycles. The lowest BCUT2D eigenvalue weighted by atomic mass is 10.0. The Morgan fingerprint density at radius 2 is 2.14 bits per heavy atom. The highest BCUT2D eigenvalue weighted by atomic mass is 127. The van der Waals surface area contributed by atoms with Gasteiger partial charge >= 0.3 is 0 Å². The van der Waals surface area contributed by atoms with Gasteiger partial charge in [-0.15, -0.1) is 24.0 Å². The number of hydrogen-bond acceptors (Lipinski definition) is 4. The first-order valence-corrected chi connectivity index (χ1v) is 9.49. The molecule has 0 aliphatic carbocycles. The SMILES string of the molecule is COCCN=C(NCCc1ccco1)N1CCOC(c2ccccc2C)C1.I. The molecule has 1 aliphatic rings. The first kappa shape index (κ1) is 22.7. The van der Waals surface area contributed by atoms with E-state index in [9.17, 15) is 0 Å². The van der Waals surface area contributed by atoms with Crippen LogP contribution >= 0.6 is 24.0 Å². The molecule has 0 amide bonds. The normalized spacial score (nSPS) is 17.3. The minimum absolute atomic E-state index is 0. The molecule has 154 valence electrons. The predicted molar refractivity (Wildman–Crippen MR) is 121 cm³/mol. The molecule has 0 spiro atoms. The zero-order chi connectivity index (χ0) is 18.9. The number of furan rings is 1. The Bertz CT molecular complexity index is 721. The van der Waals surface area contributed by atoms with Gasteiger partial charge in [0.15, 0.2) is 5.96 Å². The first-order chi connectivity index (χ1) is 13.3. The quantitative estimate of drug-likeness (QED) is 0.274. The number of benzene rings is 1. The highest BCUT2D eigenvalue weighted by Gasteiger charge is 2.25. The van der Waals surface area contributed by atoms with E-state index in [4.69, 9.17) is 18.9 Å². The maximum atomic E-state index is 6.05. The van der Waals surface area contributed by atoms with Crippen LogP contribution in [0.4, 0.5) is 0 Å². The van der Waals surface area contributed by atoms with Crippen LogP contribution in [0.1, 0.15) is 23.0 Å². The van der Waals surface area contributed by atoms with E-state index >= 15 is 0 Å². The molecule has 1 unspecified atom stereocenters. The molecule has 6 nitrogen and oxygen atoms in total. The van der Waals surface area contributed by atoms with Crippen LogP contribution in [0.25, 0.3) is 0 Å². The average Bonchev–Trinajstić information content (AvgIpc) is 3.21. The summed E-state index contributed by atoms with van der Waals surface area (Å²) in [7, 11) is 1.70. The van der Waals surface area contributed by atoms with Crippen molar-refractivity contribution in [2.24, 2.45) is 4.99 Å². The van der Waals surface area contributed by atoms with E-state index in [-0.39, 0.29) is 30.1 Å². The fraction of sp³-hybridized carbons (Fsp3) is 0.476. The van der Waals surface area contributed by atoms with Gasteiger partial charge in [-0.25, -0.2) is 0 Å². The molecule has 1 fully saturated rings. The lowest BCUT2D eigenvalue weighted by Crippen LogP contribution is -2.48. The summed E-state index contributed by atoms with van der Waals surface area (Å²) in [6.07, 6.45) is 2.58. The predicted octanol–water partition coefficient (Wildman–Crippen LogP) is 3.41. The Kier molecular flexibility index (Phi) is 9.80. The van der Waals surface area contributed by atoms with E-state index in [0.29, 0.717) is 19.8 Å². The van der Waals surface area contributed by atoms with Crippen molar-refractivity contribution in [3.8, 4) is 0 Å². The minimum Gasteiger partial charge on any atom is -0.469 e. The summed E-state index contributed by atoms with van der Waals surface area (Å²) in [6.45, 7) is 6.42. The summed E-state index contributed by atoms with van der Waals surface area (Å²) >= 11 is 0. The molecule has 7 heteroatoms. The van der Waals surface area contributed by atoms with Crippen LogP contribution in [0.2, 0.25) is 0 Å². The number of nitrogens with one attached hydrogen (secondary N) is 1. The standard InChI is InChI=1S/C21H29N3O3.HI/c1-17-6-3-4-8-19(17)20-16-24(12-15-27-20)21(23-11-14-25-2)22-10-9-18-7-5-13-26-18;/h3-8,13,20H,9-12,14-16H2,1-2H3,(H,22,23);1H. The summed E-state index contributed by atoms with van der Waals surface area (Å²) in [5.74, 6) is 1.87. The summed E-state index contributed by atoms with van der Waals surface area (Å²) in [4.78, 5) is 7.00. The van der Waals surface area contributed by atoms with Gasteiger partial charge in [0.2, 0.25) is 0 Å². The molecule has 1 aliphatic heterocycles. The molecule has 0 radical (unpaired) electrons. The first-order valence-electron chi connectivity index (χ1n) is 9.49. The van der Waals surface area contributed by atoms with Crippen LogP contribution in [0.5, 0.6) is 0 Å². The third-order valence-electron chi connectivity index (χ3n) is 4.69. The van der Waals surface area contributed by atoms with E-state index < -0.39 is 0 Å². The number of aryl methyl sites for hydroxylation is 1. The topological polar surface area (TPSA) is 59.2 Å². The van der Waals surface area contributed by atoms with Gasteiger partial charge in [-0.1, -0.05) is 24.3 Å². The molecular formula is C21H30IN3O3. The maximum absolute atomic E-state index is 6.05. The van der Waals surface area contributed by atoms with Crippen LogP contribution in [0, 0.1) is 6.92 Å².